The molecule has 2 aromatic heterocycles. The number of carbonyl (C=O) groups excluding carboxylic acids is 1. The van der Waals surface area contributed by atoms with Crippen LogP contribution in [0.15, 0.2) is 47.4 Å². The fourth-order valence-corrected chi connectivity index (χ4v) is 2.94. The van der Waals surface area contributed by atoms with Crippen LogP contribution in [0.4, 0.5) is 5.13 Å². The maximum absolute atomic E-state index is 12.5. The van der Waals surface area contributed by atoms with E-state index in [1.54, 1.807) is 25.3 Å². The fraction of sp³-hybridized carbons (Fsp3) is 0.125. The Balaban J connectivity index is 1.87. The molecule has 1 aromatic carbocycles. The highest BCUT2D eigenvalue weighted by Gasteiger charge is 2.14. The molecule has 2 heterocycles. The standard InChI is InChI=1S/C16H13ClN4O2S/c1-10-19-20-16(24-10)18-14(22)12-6-4-8-21(15(12)23)9-11-5-2-3-7-13(11)17/h2-8H,9H2,1H3,(H,18,20,22). The summed E-state index contributed by atoms with van der Waals surface area (Å²) in [5.74, 6) is -0.510. The number of aryl methyl sites for hydroxylation is 1. The van der Waals surface area contributed by atoms with Crippen LogP contribution >= 0.6 is 22.9 Å². The van der Waals surface area contributed by atoms with Crippen LogP contribution in [-0.2, 0) is 6.54 Å². The summed E-state index contributed by atoms with van der Waals surface area (Å²) in [6, 6.07) is 10.4. The average molecular weight is 361 g/mol. The van der Waals surface area contributed by atoms with E-state index in [0.717, 1.165) is 10.6 Å². The lowest BCUT2D eigenvalue weighted by molar-refractivity contribution is 0.102. The number of pyridine rings is 1. The first-order valence-electron chi connectivity index (χ1n) is 7.09. The zero-order valence-electron chi connectivity index (χ0n) is 12.7. The largest absolute Gasteiger partial charge is 0.310 e. The Morgan fingerprint density at radius 3 is 2.75 bits per heavy atom. The fourth-order valence-electron chi connectivity index (χ4n) is 2.16. The number of carbonyl (C=O) groups is 1. The second kappa shape index (κ2) is 6.94. The van der Waals surface area contributed by atoms with E-state index >= 15 is 0 Å². The molecular formula is C16H13ClN4O2S. The van der Waals surface area contributed by atoms with E-state index in [0.29, 0.717) is 10.2 Å². The Morgan fingerprint density at radius 1 is 1.25 bits per heavy atom. The van der Waals surface area contributed by atoms with Gasteiger partial charge in [-0.15, -0.1) is 10.2 Å². The highest BCUT2D eigenvalue weighted by atomic mass is 35.5. The first-order chi connectivity index (χ1) is 11.5. The first-order valence-corrected chi connectivity index (χ1v) is 8.28. The molecule has 0 atom stereocenters. The number of hydrogen-bond donors (Lipinski definition) is 1. The van der Waals surface area contributed by atoms with Gasteiger partial charge >= 0.3 is 0 Å². The van der Waals surface area contributed by atoms with Crippen molar-refractivity contribution in [1.82, 2.24) is 14.8 Å². The molecule has 1 amide bonds. The molecule has 1 N–H and O–H groups in total. The normalized spacial score (nSPS) is 10.6. The van der Waals surface area contributed by atoms with E-state index in [9.17, 15) is 9.59 Å². The van der Waals surface area contributed by atoms with Gasteiger partial charge in [0.25, 0.3) is 11.5 Å². The summed E-state index contributed by atoms with van der Waals surface area (Å²) in [7, 11) is 0. The molecule has 122 valence electrons. The summed E-state index contributed by atoms with van der Waals surface area (Å²) in [4.78, 5) is 24.9. The minimum atomic E-state index is -0.510. The van der Waals surface area contributed by atoms with Gasteiger partial charge in [0.1, 0.15) is 10.6 Å². The predicted molar refractivity (Wildman–Crippen MR) is 93.9 cm³/mol. The molecule has 0 aliphatic heterocycles. The van der Waals surface area contributed by atoms with Gasteiger partial charge in [0.2, 0.25) is 5.13 Å². The van der Waals surface area contributed by atoms with E-state index in [-0.39, 0.29) is 12.1 Å². The van der Waals surface area contributed by atoms with Gasteiger partial charge in [-0.3, -0.25) is 14.9 Å². The summed E-state index contributed by atoms with van der Waals surface area (Å²) in [6.07, 6.45) is 1.62. The smallest absolute Gasteiger partial charge is 0.263 e. The van der Waals surface area contributed by atoms with Gasteiger partial charge in [-0.05, 0) is 30.7 Å². The molecule has 0 aliphatic rings. The lowest BCUT2D eigenvalue weighted by Crippen LogP contribution is -2.29. The number of hydrogen-bond acceptors (Lipinski definition) is 5. The summed E-state index contributed by atoms with van der Waals surface area (Å²) in [5.41, 5.74) is 0.451. The molecule has 0 fully saturated rings. The van der Waals surface area contributed by atoms with E-state index in [1.807, 2.05) is 18.2 Å². The average Bonchev–Trinajstić information content (AvgIpc) is 2.96. The Hall–Kier alpha value is -2.51. The quantitative estimate of drug-likeness (QED) is 0.776. The van der Waals surface area contributed by atoms with Crippen molar-refractivity contribution in [2.24, 2.45) is 0 Å². The van der Waals surface area contributed by atoms with Crippen molar-refractivity contribution in [3.05, 3.63) is 74.1 Å². The van der Waals surface area contributed by atoms with Crippen LogP contribution in [0.1, 0.15) is 20.9 Å². The maximum atomic E-state index is 12.5. The van der Waals surface area contributed by atoms with Gasteiger partial charge in [-0.2, -0.15) is 0 Å². The van der Waals surface area contributed by atoms with Crippen molar-refractivity contribution < 1.29 is 4.79 Å². The van der Waals surface area contributed by atoms with E-state index in [2.05, 4.69) is 15.5 Å². The van der Waals surface area contributed by atoms with Crippen LogP contribution in [0.25, 0.3) is 0 Å². The Labute approximate surface area is 146 Å². The number of amides is 1. The second-order valence-electron chi connectivity index (χ2n) is 5.03. The Kier molecular flexibility index (Phi) is 4.73. The number of rotatable bonds is 4. The minimum absolute atomic E-state index is 0.0393. The van der Waals surface area contributed by atoms with Crippen LogP contribution in [0.2, 0.25) is 5.02 Å². The Morgan fingerprint density at radius 2 is 2.04 bits per heavy atom. The van der Waals surface area contributed by atoms with Crippen molar-refractivity contribution in [2.45, 2.75) is 13.5 Å². The summed E-state index contributed by atoms with van der Waals surface area (Å²) in [5, 5.41) is 11.9. The van der Waals surface area contributed by atoms with Crippen molar-refractivity contribution in [3.63, 3.8) is 0 Å². The third kappa shape index (κ3) is 3.52. The first kappa shape index (κ1) is 16.4. The molecule has 6 nitrogen and oxygen atoms in total. The van der Waals surface area contributed by atoms with Crippen LogP contribution < -0.4 is 10.9 Å². The second-order valence-corrected chi connectivity index (χ2v) is 6.62. The maximum Gasteiger partial charge on any atom is 0.263 e. The number of nitrogens with zero attached hydrogens (tertiary/aromatic N) is 3. The van der Waals surface area contributed by atoms with Gasteiger partial charge < -0.3 is 4.57 Å². The molecular weight excluding hydrogens is 348 g/mol. The number of halogens is 1. The van der Waals surface area contributed by atoms with Crippen LogP contribution in [-0.4, -0.2) is 20.7 Å². The van der Waals surface area contributed by atoms with Gasteiger partial charge in [0, 0.05) is 11.2 Å². The molecule has 0 aliphatic carbocycles. The molecule has 0 saturated carbocycles. The van der Waals surface area contributed by atoms with E-state index in [4.69, 9.17) is 11.6 Å². The minimum Gasteiger partial charge on any atom is -0.310 e. The van der Waals surface area contributed by atoms with Crippen molar-refractivity contribution >= 4 is 34.0 Å². The van der Waals surface area contributed by atoms with Crippen molar-refractivity contribution in [1.29, 1.82) is 0 Å². The lowest BCUT2D eigenvalue weighted by atomic mass is 10.2. The molecule has 0 spiro atoms. The zero-order valence-corrected chi connectivity index (χ0v) is 14.3. The van der Waals surface area contributed by atoms with Crippen LogP contribution in [0, 0.1) is 6.92 Å². The molecule has 3 aromatic rings. The SMILES string of the molecule is Cc1nnc(NC(=O)c2cccn(Cc3ccccc3Cl)c2=O)s1. The van der Waals surface area contributed by atoms with Crippen LogP contribution in [0.3, 0.4) is 0 Å². The third-order valence-electron chi connectivity index (χ3n) is 3.31. The molecule has 24 heavy (non-hydrogen) atoms. The number of aromatic nitrogens is 3. The number of nitrogens with one attached hydrogen (secondary N) is 1. The molecule has 8 heteroatoms. The molecule has 0 saturated heterocycles. The van der Waals surface area contributed by atoms with Gasteiger partial charge in [-0.1, -0.05) is 41.1 Å². The molecule has 0 radical (unpaired) electrons. The highest BCUT2D eigenvalue weighted by molar-refractivity contribution is 7.15. The molecule has 3 rings (SSSR count). The number of benzene rings is 1. The van der Waals surface area contributed by atoms with Crippen molar-refractivity contribution in [2.75, 3.05) is 5.32 Å². The van der Waals surface area contributed by atoms with Gasteiger partial charge in [0.05, 0.1) is 6.54 Å². The lowest BCUT2D eigenvalue weighted by Gasteiger charge is -2.09. The highest BCUT2D eigenvalue weighted by Crippen LogP contribution is 2.16. The zero-order chi connectivity index (χ0) is 17.1. The summed E-state index contributed by atoms with van der Waals surface area (Å²) in [6.45, 7) is 2.07. The van der Waals surface area contributed by atoms with E-state index in [1.165, 1.54) is 22.0 Å². The van der Waals surface area contributed by atoms with Crippen molar-refractivity contribution in [3.8, 4) is 0 Å². The third-order valence-corrected chi connectivity index (χ3v) is 4.43. The molecule has 0 unspecified atom stereocenters. The number of anilines is 1. The molecule has 0 bridgehead atoms. The van der Waals surface area contributed by atoms with Gasteiger partial charge in [0.15, 0.2) is 0 Å². The monoisotopic (exact) mass is 360 g/mol. The predicted octanol–water partition coefficient (Wildman–Crippen LogP) is 2.96. The van der Waals surface area contributed by atoms with E-state index < -0.39 is 11.5 Å². The summed E-state index contributed by atoms with van der Waals surface area (Å²) < 4.78 is 1.45. The Bertz CT molecular complexity index is 951. The topological polar surface area (TPSA) is 76.9 Å². The van der Waals surface area contributed by atoms with Gasteiger partial charge in [-0.25, -0.2) is 0 Å². The summed E-state index contributed by atoms with van der Waals surface area (Å²) >= 11 is 7.37. The van der Waals surface area contributed by atoms with Crippen LogP contribution in [0.5, 0.6) is 0 Å².